The monoisotopic (exact) mass is 264 g/mol. The van der Waals surface area contributed by atoms with Gasteiger partial charge in [0.2, 0.25) is 5.75 Å². The first-order valence-corrected chi connectivity index (χ1v) is 6.52. The Morgan fingerprint density at radius 1 is 1.33 bits per heavy atom. The molecule has 0 bridgehead atoms. The highest BCUT2D eigenvalue weighted by molar-refractivity contribution is 7.12. The number of nitrogens with two attached hydrogens (primary N) is 1. The van der Waals surface area contributed by atoms with Crippen molar-refractivity contribution in [3.63, 3.8) is 0 Å². The van der Waals surface area contributed by atoms with Crippen LogP contribution in [0.25, 0.3) is 0 Å². The maximum Gasteiger partial charge on any atom is 0.203 e. The van der Waals surface area contributed by atoms with Gasteiger partial charge in [-0.15, -0.1) is 11.3 Å². The number of thiophene rings is 1. The zero-order chi connectivity index (χ0) is 13.0. The van der Waals surface area contributed by atoms with Crippen LogP contribution in [0.1, 0.15) is 16.7 Å². The molecule has 0 spiro atoms. The first-order chi connectivity index (χ1) is 8.74. The van der Waals surface area contributed by atoms with Crippen LogP contribution in [0.2, 0.25) is 0 Å². The molecule has 0 aliphatic carbocycles. The Kier molecular flexibility index (Phi) is 3.99. The molecule has 0 aliphatic heterocycles. The Balaban J connectivity index is 2.08. The topological polar surface area (TPSA) is 73.1 Å². The fourth-order valence-corrected chi connectivity index (χ4v) is 2.49. The highest BCUT2D eigenvalue weighted by Gasteiger charge is 2.09. The van der Waals surface area contributed by atoms with E-state index >= 15 is 0 Å². The zero-order valence-electron chi connectivity index (χ0n) is 10.4. The maximum atomic E-state index is 5.71. The van der Waals surface area contributed by atoms with E-state index < -0.39 is 0 Å². The molecule has 6 heteroatoms. The third kappa shape index (κ3) is 2.70. The van der Waals surface area contributed by atoms with E-state index in [1.165, 1.54) is 16.1 Å². The van der Waals surface area contributed by atoms with Gasteiger partial charge < -0.3 is 15.8 Å². The smallest absolute Gasteiger partial charge is 0.203 e. The molecule has 2 heterocycles. The summed E-state index contributed by atoms with van der Waals surface area (Å²) in [6.07, 6.45) is 2.49. The van der Waals surface area contributed by atoms with Crippen LogP contribution in [0.5, 0.6) is 5.75 Å². The number of ether oxygens (including phenoxy) is 1. The Labute approximate surface area is 110 Å². The average Bonchev–Trinajstić information content (AvgIpc) is 2.84. The number of anilines is 2. The number of nitrogen functional groups attached to an aromatic ring is 1. The van der Waals surface area contributed by atoms with Gasteiger partial charge >= 0.3 is 0 Å². The summed E-state index contributed by atoms with van der Waals surface area (Å²) in [5.74, 6) is 1.46. The average molecular weight is 264 g/mol. The minimum atomic E-state index is 0.343. The molecule has 0 fully saturated rings. The van der Waals surface area contributed by atoms with Crippen molar-refractivity contribution in [3.8, 4) is 5.75 Å². The minimum absolute atomic E-state index is 0.343. The summed E-state index contributed by atoms with van der Waals surface area (Å²) < 4.78 is 5.18. The van der Waals surface area contributed by atoms with E-state index in [0.29, 0.717) is 23.9 Å². The molecule has 18 heavy (non-hydrogen) atoms. The number of nitrogens with one attached hydrogen (secondary N) is 1. The van der Waals surface area contributed by atoms with Crippen LogP contribution in [0.4, 0.5) is 11.6 Å². The van der Waals surface area contributed by atoms with Crippen LogP contribution in [-0.2, 0) is 13.0 Å². The molecule has 0 aliphatic rings. The third-order valence-electron chi connectivity index (χ3n) is 2.53. The largest absolute Gasteiger partial charge is 0.490 e. The Bertz CT molecular complexity index is 527. The molecule has 96 valence electrons. The fraction of sp³-hybridized carbons (Fsp3) is 0.333. The molecule has 5 nitrogen and oxygen atoms in total. The summed E-state index contributed by atoms with van der Waals surface area (Å²) in [6, 6.07) is 4.26. The van der Waals surface area contributed by atoms with Crippen LogP contribution >= 0.6 is 11.3 Å². The van der Waals surface area contributed by atoms with Crippen molar-refractivity contribution in [1.29, 1.82) is 0 Å². The highest BCUT2D eigenvalue weighted by atomic mass is 32.1. The number of methoxy groups -OCH3 is 1. The molecule has 0 atom stereocenters. The molecule has 2 aromatic heterocycles. The van der Waals surface area contributed by atoms with Crippen molar-refractivity contribution in [2.24, 2.45) is 0 Å². The van der Waals surface area contributed by atoms with E-state index in [0.717, 1.165) is 6.42 Å². The van der Waals surface area contributed by atoms with Crippen LogP contribution < -0.4 is 15.8 Å². The van der Waals surface area contributed by atoms with E-state index in [1.54, 1.807) is 18.4 Å². The summed E-state index contributed by atoms with van der Waals surface area (Å²) in [7, 11) is 1.56. The molecular formula is C12H16N4OS. The number of nitrogens with zero attached hydrogens (tertiary/aromatic N) is 2. The van der Waals surface area contributed by atoms with Crippen LogP contribution in [0, 0.1) is 0 Å². The van der Waals surface area contributed by atoms with Gasteiger partial charge in [-0.05, 0) is 18.6 Å². The number of hydrogen-bond acceptors (Lipinski definition) is 6. The second-order valence-corrected chi connectivity index (χ2v) is 4.97. The highest BCUT2D eigenvalue weighted by Crippen LogP contribution is 2.27. The lowest BCUT2D eigenvalue weighted by molar-refractivity contribution is 0.415. The van der Waals surface area contributed by atoms with Crippen molar-refractivity contribution in [2.45, 2.75) is 19.9 Å². The van der Waals surface area contributed by atoms with Crippen molar-refractivity contribution in [1.82, 2.24) is 9.97 Å². The van der Waals surface area contributed by atoms with Crippen molar-refractivity contribution >= 4 is 23.0 Å². The minimum Gasteiger partial charge on any atom is -0.490 e. The van der Waals surface area contributed by atoms with Gasteiger partial charge in [0.05, 0.1) is 13.7 Å². The van der Waals surface area contributed by atoms with E-state index in [4.69, 9.17) is 10.5 Å². The lowest BCUT2D eigenvalue weighted by atomic mass is 10.3. The lowest BCUT2D eigenvalue weighted by Crippen LogP contribution is -2.05. The van der Waals surface area contributed by atoms with Crippen molar-refractivity contribution in [3.05, 3.63) is 28.2 Å². The van der Waals surface area contributed by atoms with E-state index in [-0.39, 0.29) is 0 Å². The van der Waals surface area contributed by atoms with Gasteiger partial charge in [0, 0.05) is 9.75 Å². The van der Waals surface area contributed by atoms with E-state index in [9.17, 15) is 0 Å². The van der Waals surface area contributed by atoms with Gasteiger partial charge in [0.25, 0.3) is 0 Å². The van der Waals surface area contributed by atoms with E-state index in [1.807, 2.05) is 0 Å². The number of rotatable bonds is 5. The second kappa shape index (κ2) is 5.68. The molecule has 0 aromatic carbocycles. The molecule has 0 radical (unpaired) electrons. The first kappa shape index (κ1) is 12.6. The zero-order valence-corrected chi connectivity index (χ0v) is 11.3. The molecule has 3 N–H and O–H groups in total. The Morgan fingerprint density at radius 2 is 2.11 bits per heavy atom. The van der Waals surface area contributed by atoms with Crippen LogP contribution in [0.3, 0.4) is 0 Å². The van der Waals surface area contributed by atoms with Gasteiger partial charge in [0.15, 0.2) is 11.6 Å². The molecule has 2 aromatic rings. The third-order valence-corrected chi connectivity index (χ3v) is 3.76. The number of aromatic nitrogens is 2. The molecular weight excluding hydrogens is 248 g/mol. The summed E-state index contributed by atoms with van der Waals surface area (Å²) in [6.45, 7) is 2.86. The normalized spacial score (nSPS) is 10.3. The number of aryl methyl sites for hydroxylation is 1. The standard InChI is InChI=1S/C12H16N4OS/c1-3-8-4-5-9(18-8)6-14-12-10(17-2)11(13)15-7-16-12/h4-5,7H,3,6H2,1-2H3,(H3,13,14,15,16). The Hall–Kier alpha value is -1.82. The Morgan fingerprint density at radius 3 is 2.78 bits per heavy atom. The van der Waals surface area contributed by atoms with Gasteiger partial charge in [-0.3, -0.25) is 0 Å². The van der Waals surface area contributed by atoms with Gasteiger partial charge in [0.1, 0.15) is 6.33 Å². The molecule has 2 rings (SSSR count). The van der Waals surface area contributed by atoms with Gasteiger partial charge in [-0.2, -0.15) is 0 Å². The fourth-order valence-electron chi connectivity index (χ4n) is 1.59. The SMILES string of the molecule is CCc1ccc(CNc2ncnc(N)c2OC)s1. The first-order valence-electron chi connectivity index (χ1n) is 5.70. The predicted octanol–water partition coefficient (Wildman–Crippen LogP) is 2.30. The number of hydrogen-bond donors (Lipinski definition) is 2. The van der Waals surface area contributed by atoms with Gasteiger partial charge in [-0.25, -0.2) is 9.97 Å². The van der Waals surface area contributed by atoms with Crippen LogP contribution in [-0.4, -0.2) is 17.1 Å². The quantitative estimate of drug-likeness (QED) is 0.867. The summed E-state index contributed by atoms with van der Waals surface area (Å²) in [5, 5.41) is 3.21. The summed E-state index contributed by atoms with van der Waals surface area (Å²) >= 11 is 1.79. The lowest BCUT2D eigenvalue weighted by Gasteiger charge is -2.10. The van der Waals surface area contributed by atoms with Crippen molar-refractivity contribution < 1.29 is 4.74 Å². The maximum absolute atomic E-state index is 5.71. The molecule has 0 unspecified atom stereocenters. The van der Waals surface area contributed by atoms with Gasteiger partial charge in [-0.1, -0.05) is 6.92 Å². The van der Waals surface area contributed by atoms with Crippen molar-refractivity contribution in [2.75, 3.05) is 18.2 Å². The molecule has 0 saturated carbocycles. The predicted molar refractivity (Wildman–Crippen MR) is 74.0 cm³/mol. The second-order valence-electron chi connectivity index (χ2n) is 3.72. The van der Waals surface area contributed by atoms with Crippen LogP contribution in [0.15, 0.2) is 18.5 Å². The summed E-state index contributed by atoms with van der Waals surface area (Å²) in [5.41, 5.74) is 5.71. The molecule has 0 amide bonds. The van der Waals surface area contributed by atoms with E-state index in [2.05, 4.69) is 34.3 Å². The summed E-state index contributed by atoms with van der Waals surface area (Å²) in [4.78, 5) is 10.6. The molecule has 0 saturated heterocycles.